The normalized spacial score (nSPS) is 22.2. The molecule has 0 radical (unpaired) electrons. The van der Waals surface area contributed by atoms with E-state index in [0.717, 1.165) is 0 Å². The molecule has 8 heteroatoms. The molecule has 5 nitrogen and oxygen atoms in total. The SMILES string of the molecule is CCN([C@H]1CCS(=O)(=O)C1)S(=O)(=O)c1ccccc1Cl. The molecule has 1 fully saturated rings. The Morgan fingerprint density at radius 3 is 2.50 bits per heavy atom. The molecule has 20 heavy (non-hydrogen) atoms. The van der Waals surface area contributed by atoms with Crippen LogP contribution in [-0.4, -0.2) is 45.2 Å². The van der Waals surface area contributed by atoms with Gasteiger partial charge in [0.25, 0.3) is 0 Å². The zero-order valence-electron chi connectivity index (χ0n) is 11.0. The second kappa shape index (κ2) is 5.63. The maximum Gasteiger partial charge on any atom is 0.244 e. The predicted molar refractivity (Wildman–Crippen MR) is 78.1 cm³/mol. The van der Waals surface area contributed by atoms with Crippen molar-refractivity contribution in [3.05, 3.63) is 29.3 Å². The summed E-state index contributed by atoms with van der Waals surface area (Å²) in [6.45, 7) is 1.91. The Hall–Kier alpha value is -0.630. The minimum Gasteiger partial charge on any atom is -0.229 e. The summed E-state index contributed by atoms with van der Waals surface area (Å²) in [6, 6.07) is 5.68. The van der Waals surface area contributed by atoms with Crippen LogP contribution in [0, 0.1) is 0 Å². The highest BCUT2D eigenvalue weighted by atomic mass is 35.5. The Bertz CT molecular complexity index is 700. The van der Waals surface area contributed by atoms with Gasteiger partial charge in [-0.1, -0.05) is 30.7 Å². The van der Waals surface area contributed by atoms with E-state index in [1.807, 2.05) is 0 Å². The van der Waals surface area contributed by atoms with Gasteiger partial charge in [0.05, 0.1) is 16.5 Å². The highest BCUT2D eigenvalue weighted by molar-refractivity contribution is 7.92. The van der Waals surface area contributed by atoms with Crippen LogP contribution < -0.4 is 0 Å². The number of sulfone groups is 1. The molecule has 0 aromatic heterocycles. The van der Waals surface area contributed by atoms with Gasteiger partial charge in [-0.2, -0.15) is 4.31 Å². The van der Waals surface area contributed by atoms with E-state index >= 15 is 0 Å². The van der Waals surface area contributed by atoms with E-state index in [-0.39, 0.29) is 28.0 Å². The van der Waals surface area contributed by atoms with E-state index < -0.39 is 25.9 Å². The van der Waals surface area contributed by atoms with Gasteiger partial charge in [0.2, 0.25) is 10.0 Å². The summed E-state index contributed by atoms with van der Waals surface area (Å²) in [7, 11) is -6.92. The fourth-order valence-electron chi connectivity index (χ4n) is 2.41. The highest BCUT2D eigenvalue weighted by Gasteiger charge is 2.38. The lowest BCUT2D eigenvalue weighted by Gasteiger charge is -2.26. The van der Waals surface area contributed by atoms with E-state index in [9.17, 15) is 16.8 Å². The maximum absolute atomic E-state index is 12.6. The number of benzene rings is 1. The lowest BCUT2D eigenvalue weighted by atomic mass is 10.3. The summed E-state index contributed by atoms with van der Waals surface area (Å²) >= 11 is 5.95. The van der Waals surface area contributed by atoms with E-state index in [0.29, 0.717) is 6.42 Å². The molecule has 0 bridgehead atoms. The summed E-state index contributed by atoms with van der Waals surface area (Å²) in [5, 5.41) is 0.145. The van der Waals surface area contributed by atoms with Crippen LogP contribution in [0.25, 0.3) is 0 Å². The molecular formula is C12H16ClNO4S2. The van der Waals surface area contributed by atoms with Crippen molar-refractivity contribution in [3.8, 4) is 0 Å². The summed E-state index contributed by atoms with van der Waals surface area (Å²) < 4.78 is 49.6. The largest absolute Gasteiger partial charge is 0.244 e. The van der Waals surface area contributed by atoms with Gasteiger partial charge in [0.15, 0.2) is 9.84 Å². The number of hydrogen-bond acceptors (Lipinski definition) is 4. The summed E-state index contributed by atoms with van der Waals surface area (Å²) in [5.41, 5.74) is 0. The van der Waals surface area contributed by atoms with Crippen molar-refractivity contribution in [2.45, 2.75) is 24.3 Å². The Morgan fingerprint density at radius 1 is 1.35 bits per heavy atom. The number of halogens is 1. The average Bonchev–Trinajstić information content (AvgIpc) is 2.70. The molecule has 112 valence electrons. The van der Waals surface area contributed by atoms with Crippen molar-refractivity contribution in [1.82, 2.24) is 4.31 Å². The van der Waals surface area contributed by atoms with Gasteiger partial charge in [-0.05, 0) is 18.6 Å². The number of sulfonamides is 1. The third kappa shape index (κ3) is 3.00. The molecule has 0 spiro atoms. The molecule has 0 amide bonds. The minimum absolute atomic E-state index is 0.0211. The van der Waals surface area contributed by atoms with Gasteiger partial charge in [0.1, 0.15) is 4.90 Å². The fourth-order valence-corrected chi connectivity index (χ4v) is 6.39. The van der Waals surface area contributed by atoms with Crippen LogP contribution in [0.1, 0.15) is 13.3 Å². The van der Waals surface area contributed by atoms with Crippen LogP contribution in [0.15, 0.2) is 29.2 Å². The monoisotopic (exact) mass is 337 g/mol. The van der Waals surface area contributed by atoms with E-state index in [1.165, 1.54) is 16.4 Å². The Morgan fingerprint density at radius 2 is 2.00 bits per heavy atom. The Kier molecular flexibility index (Phi) is 4.44. The molecule has 1 heterocycles. The number of hydrogen-bond donors (Lipinski definition) is 0. The van der Waals surface area contributed by atoms with Crippen LogP contribution in [-0.2, 0) is 19.9 Å². The summed E-state index contributed by atoms with van der Waals surface area (Å²) in [5.74, 6) is -0.0866. The van der Waals surface area contributed by atoms with Crippen molar-refractivity contribution >= 4 is 31.5 Å². The Balaban J connectivity index is 2.39. The zero-order valence-corrected chi connectivity index (χ0v) is 13.4. The van der Waals surface area contributed by atoms with Crippen LogP contribution in [0.5, 0.6) is 0 Å². The lowest BCUT2D eigenvalue weighted by Crippen LogP contribution is -2.40. The molecule has 0 aliphatic carbocycles. The second-order valence-corrected chi connectivity index (χ2v) is 9.19. The van der Waals surface area contributed by atoms with Crippen molar-refractivity contribution in [1.29, 1.82) is 0 Å². The first-order chi connectivity index (χ1) is 9.28. The second-order valence-electron chi connectivity index (χ2n) is 4.70. The van der Waals surface area contributed by atoms with E-state index in [2.05, 4.69) is 0 Å². The average molecular weight is 338 g/mol. The van der Waals surface area contributed by atoms with Gasteiger partial charge < -0.3 is 0 Å². The molecule has 0 unspecified atom stereocenters. The topological polar surface area (TPSA) is 71.5 Å². The van der Waals surface area contributed by atoms with Gasteiger partial charge in [-0.25, -0.2) is 16.8 Å². The third-order valence-electron chi connectivity index (χ3n) is 3.35. The molecule has 1 atom stereocenters. The minimum atomic E-state index is -3.78. The van der Waals surface area contributed by atoms with Crippen molar-refractivity contribution in [2.24, 2.45) is 0 Å². The molecule has 2 rings (SSSR count). The van der Waals surface area contributed by atoms with Crippen LogP contribution >= 0.6 is 11.6 Å². The standard InChI is InChI=1S/C12H16ClNO4S2/c1-2-14(10-7-8-19(15,16)9-10)20(17,18)12-6-4-3-5-11(12)13/h3-6,10H,2,7-9H2,1H3/t10-/m0/s1. The van der Waals surface area contributed by atoms with E-state index in [1.54, 1.807) is 19.1 Å². The number of nitrogens with zero attached hydrogens (tertiary/aromatic N) is 1. The predicted octanol–water partition coefficient (Wildman–Crippen LogP) is 1.54. The molecule has 1 aromatic carbocycles. The van der Waals surface area contributed by atoms with Crippen molar-refractivity contribution < 1.29 is 16.8 Å². The van der Waals surface area contributed by atoms with Gasteiger partial charge in [-0.15, -0.1) is 0 Å². The van der Waals surface area contributed by atoms with Crippen LogP contribution in [0.2, 0.25) is 5.02 Å². The van der Waals surface area contributed by atoms with Crippen LogP contribution in [0.4, 0.5) is 0 Å². The molecule has 1 aromatic rings. The van der Waals surface area contributed by atoms with Crippen molar-refractivity contribution in [2.75, 3.05) is 18.1 Å². The third-order valence-corrected chi connectivity index (χ3v) is 7.63. The van der Waals surface area contributed by atoms with Gasteiger partial charge in [-0.3, -0.25) is 0 Å². The zero-order chi connectivity index (χ0) is 15.0. The molecular weight excluding hydrogens is 322 g/mol. The molecule has 1 saturated heterocycles. The fraction of sp³-hybridized carbons (Fsp3) is 0.500. The quantitative estimate of drug-likeness (QED) is 0.835. The molecule has 0 N–H and O–H groups in total. The lowest BCUT2D eigenvalue weighted by molar-refractivity contribution is 0.354. The van der Waals surface area contributed by atoms with Crippen LogP contribution in [0.3, 0.4) is 0 Å². The smallest absolute Gasteiger partial charge is 0.229 e. The first kappa shape index (κ1) is 15.8. The first-order valence-electron chi connectivity index (χ1n) is 6.25. The van der Waals surface area contributed by atoms with Crippen molar-refractivity contribution in [3.63, 3.8) is 0 Å². The molecule has 1 aliphatic heterocycles. The maximum atomic E-state index is 12.6. The summed E-state index contributed by atoms with van der Waals surface area (Å²) in [6.07, 6.45) is 0.333. The summed E-state index contributed by atoms with van der Waals surface area (Å²) in [4.78, 5) is 0.0211. The van der Waals surface area contributed by atoms with E-state index in [4.69, 9.17) is 11.6 Å². The molecule has 1 aliphatic rings. The first-order valence-corrected chi connectivity index (χ1v) is 9.88. The highest BCUT2D eigenvalue weighted by Crippen LogP contribution is 2.28. The molecule has 0 saturated carbocycles. The van der Waals surface area contributed by atoms with Gasteiger partial charge in [0, 0.05) is 12.6 Å². The van der Waals surface area contributed by atoms with Gasteiger partial charge >= 0.3 is 0 Å². The Labute approximate surface area is 124 Å². The number of rotatable bonds is 4.